The minimum Gasteiger partial charge on any atom is -0.456 e. The number of hydrogen-bond donors (Lipinski definition) is 1. The van der Waals surface area contributed by atoms with Gasteiger partial charge in [0.1, 0.15) is 6.54 Å². The first-order valence-electron chi connectivity index (χ1n) is 8.95. The Balaban J connectivity index is 1.33. The fourth-order valence-electron chi connectivity index (χ4n) is 4.58. The van der Waals surface area contributed by atoms with Crippen LogP contribution in [0.5, 0.6) is 0 Å². The molecule has 0 unspecified atom stereocenters. The first kappa shape index (κ1) is 16.1. The maximum atomic E-state index is 12.4. The predicted molar refractivity (Wildman–Crippen MR) is 91.9 cm³/mol. The van der Waals surface area contributed by atoms with E-state index in [-0.39, 0.29) is 30.9 Å². The fraction of sp³-hybridized carbons (Fsp3) is 0.526. The van der Waals surface area contributed by atoms with Crippen molar-refractivity contribution >= 4 is 29.2 Å². The molecular formula is C19H22N2O4. The second kappa shape index (κ2) is 6.50. The standard InChI is InChI=1S/C19H22N2O4/c22-17-10-21(16-4-2-1-3-15(16)20-17)18(23)11-25-19(24)9-14-8-12-5-6-13(14)7-12/h1-4,12-14H,5-11H2,(H,20,22)/t12-,13-,14-/m1/s1. The summed E-state index contributed by atoms with van der Waals surface area (Å²) in [6.45, 7) is -0.374. The average molecular weight is 342 g/mol. The lowest BCUT2D eigenvalue weighted by molar-refractivity contribution is -0.149. The van der Waals surface area contributed by atoms with Crippen molar-refractivity contribution in [3.63, 3.8) is 0 Å². The van der Waals surface area contributed by atoms with Crippen LogP contribution in [0.15, 0.2) is 24.3 Å². The number of hydrogen-bond acceptors (Lipinski definition) is 4. The van der Waals surface area contributed by atoms with Crippen LogP contribution in [-0.4, -0.2) is 30.9 Å². The topological polar surface area (TPSA) is 75.7 Å². The number of amides is 2. The number of esters is 1. The van der Waals surface area contributed by atoms with Crippen LogP contribution < -0.4 is 10.2 Å². The molecule has 2 aliphatic carbocycles. The number of rotatable bonds is 4. The molecule has 3 aliphatic rings. The molecule has 0 spiro atoms. The highest BCUT2D eigenvalue weighted by Gasteiger charge is 2.40. The summed E-state index contributed by atoms with van der Waals surface area (Å²) in [5, 5.41) is 2.73. The Kier molecular flexibility index (Phi) is 4.19. The third kappa shape index (κ3) is 3.25. The highest BCUT2D eigenvalue weighted by atomic mass is 16.5. The summed E-state index contributed by atoms with van der Waals surface area (Å²) in [6.07, 6.45) is 5.29. The highest BCUT2D eigenvalue weighted by molar-refractivity contribution is 6.10. The predicted octanol–water partition coefficient (Wildman–Crippen LogP) is 2.34. The zero-order valence-electron chi connectivity index (χ0n) is 14.1. The molecule has 132 valence electrons. The van der Waals surface area contributed by atoms with E-state index in [1.165, 1.54) is 24.2 Å². The zero-order valence-corrected chi connectivity index (χ0v) is 14.1. The van der Waals surface area contributed by atoms with Crippen molar-refractivity contribution in [1.29, 1.82) is 0 Å². The van der Waals surface area contributed by atoms with E-state index in [4.69, 9.17) is 4.74 Å². The molecule has 0 radical (unpaired) electrons. The maximum Gasteiger partial charge on any atom is 0.306 e. The summed E-state index contributed by atoms with van der Waals surface area (Å²) >= 11 is 0. The van der Waals surface area contributed by atoms with E-state index in [0.717, 1.165) is 12.3 Å². The van der Waals surface area contributed by atoms with Crippen LogP contribution in [0.1, 0.15) is 32.1 Å². The van der Waals surface area contributed by atoms with Crippen molar-refractivity contribution in [3.05, 3.63) is 24.3 Å². The number of nitrogens with zero attached hydrogens (tertiary/aromatic N) is 1. The Bertz CT molecular complexity index is 717. The minimum absolute atomic E-state index is 0.0558. The molecule has 1 aromatic rings. The molecule has 1 heterocycles. The van der Waals surface area contributed by atoms with Gasteiger partial charge >= 0.3 is 5.97 Å². The average Bonchev–Trinajstić information content (AvgIpc) is 3.21. The quantitative estimate of drug-likeness (QED) is 0.852. The number of carbonyl (C=O) groups excluding carboxylic acids is 3. The Hall–Kier alpha value is -2.37. The SMILES string of the molecule is O=C1CN(C(=O)COC(=O)C[C@H]2C[C@@H]3CC[C@@H]2C3)c2ccccc2N1. The molecule has 6 heteroatoms. The molecule has 1 N–H and O–H groups in total. The lowest BCUT2D eigenvalue weighted by Crippen LogP contribution is -2.44. The lowest BCUT2D eigenvalue weighted by atomic mass is 9.86. The van der Waals surface area contributed by atoms with Crippen molar-refractivity contribution in [2.24, 2.45) is 17.8 Å². The molecule has 0 aromatic heterocycles. The summed E-state index contributed by atoms with van der Waals surface area (Å²) in [7, 11) is 0. The molecule has 0 saturated heterocycles. The number of fused-ring (bicyclic) bond motifs is 3. The maximum absolute atomic E-state index is 12.4. The van der Waals surface area contributed by atoms with Gasteiger partial charge in [0.2, 0.25) is 5.91 Å². The Labute approximate surface area is 146 Å². The van der Waals surface area contributed by atoms with Crippen molar-refractivity contribution in [3.8, 4) is 0 Å². The van der Waals surface area contributed by atoms with E-state index in [1.54, 1.807) is 24.3 Å². The van der Waals surface area contributed by atoms with Gasteiger partial charge in [-0.3, -0.25) is 19.3 Å². The number of anilines is 2. The Morgan fingerprint density at radius 2 is 2.04 bits per heavy atom. The van der Waals surface area contributed by atoms with E-state index in [2.05, 4.69) is 5.32 Å². The van der Waals surface area contributed by atoms with Gasteiger partial charge in [0.05, 0.1) is 11.4 Å². The third-order valence-electron chi connectivity index (χ3n) is 5.74. The second-order valence-corrected chi connectivity index (χ2v) is 7.34. The molecular weight excluding hydrogens is 320 g/mol. The minimum atomic E-state index is -0.372. The van der Waals surface area contributed by atoms with Crippen molar-refractivity contribution in [2.45, 2.75) is 32.1 Å². The van der Waals surface area contributed by atoms with Gasteiger partial charge in [-0.1, -0.05) is 18.6 Å². The van der Waals surface area contributed by atoms with Crippen LogP contribution in [0, 0.1) is 17.8 Å². The van der Waals surface area contributed by atoms with Gasteiger partial charge in [-0.2, -0.15) is 0 Å². The molecule has 25 heavy (non-hydrogen) atoms. The third-order valence-corrected chi connectivity index (χ3v) is 5.74. The number of carbonyl (C=O) groups is 3. The number of nitrogens with one attached hydrogen (secondary N) is 1. The van der Waals surface area contributed by atoms with E-state index in [0.29, 0.717) is 29.6 Å². The van der Waals surface area contributed by atoms with E-state index >= 15 is 0 Å². The van der Waals surface area contributed by atoms with Crippen LogP contribution in [0.2, 0.25) is 0 Å². The Morgan fingerprint density at radius 1 is 1.20 bits per heavy atom. The van der Waals surface area contributed by atoms with Gasteiger partial charge in [0.25, 0.3) is 5.91 Å². The normalized spacial score (nSPS) is 27.0. The summed E-state index contributed by atoms with van der Waals surface area (Å²) in [5.41, 5.74) is 1.23. The smallest absolute Gasteiger partial charge is 0.306 e. The second-order valence-electron chi connectivity index (χ2n) is 7.34. The van der Waals surface area contributed by atoms with Gasteiger partial charge in [-0.15, -0.1) is 0 Å². The molecule has 2 saturated carbocycles. The fourth-order valence-corrected chi connectivity index (χ4v) is 4.58. The van der Waals surface area contributed by atoms with Crippen molar-refractivity contribution in [2.75, 3.05) is 23.4 Å². The summed E-state index contributed by atoms with van der Waals surface area (Å²) in [6, 6.07) is 7.11. The first-order chi connectivity index (χ1) is 12.1. The molecule has 2 bridgehead atoms. The summed E-state index contributed by atoms with van der Waals surface area (Å²) in [4.78, 5) is 37.7. The first-order valence-corrected chi connectivity index (χ1v) is 8.95. The molecule has 1 aliphatic heterocycles. The monoisotopic (exact) mass is 342 g/mol. The molecule has 1 aromatic carbocycles. The lowest BCUT2D eigenvalue weighted by Gasteiger charge is -2.29. The van der Waals surface area contributed by atoms with Gasteiger partial charge < -0.3 is 10.1 Å². The van der Waals surface area contributed by atoms with Crippen LogP contribution in [-0.2, 0) is 19.1 Å². The molecule has 6 nitrogen and oxygen atoms in total. The summed E-state index contributed by atoms with van der Waals surface area (Å²) in [5.74, 6) is 0.936. The number of para-hydroxylation sites is 2. The van der Waals surface area contributed by atoms with Gasteiger partial charge in [0.15, 0.2) is 6.61 Å². The Morgan fingerprint density at radius 3 is 2.80 bits per heavy atom. The van der Waals surface area contributed by atoms with E-state index in [1.807, 2.05) is 0 Å². The molecule has 2 fully saturated rings. The summed E-state index contributed by atoms with van der Waals surface area (Å²) < 4.78 is 5.22. The number of ether oxygens (including phenoxy) is 1. The largest absolute Gasteiger partial charge is 0.456 e. The van der Waals surface area contributed by atoms with Gasteiger partial charge in [0, 0.05) is 6.42 Å². The molecule has 3 atom stereocenters. The van der Waals surface area contributed by atoms with Crippen LogP contribution in [0.25, 0.3) is 0 Å². The van der Waals surface area contributed by atoms with Gasteiger partial charge in [-0.25, -0.2) is 0 Å². The highest BCUT2D eigenvalue weighted by Crippen LogP contribution is 2.49. The number of benzene rings is 1. The van der Waals surface area contributed by atoms with E-state index < -0.39 is 0 Å². The van der Waals surface area contributed by atoms with Crippen LogP contribution >= 0.6 is 0 Å². The molecule has 4 rings (SSSR count). The van der Waals surface area contributed by atoms with Crippen molar-refractivity contribution in [1.82, 2.24) is 0 Å². The molecule has 2 amide bonds. The van der Waals surface area contributed by atoms with Crippen LogP contribution in [0.3, 0.4) is 0 Å². The van der Waals surface area contributed by atoms with E-state index in [9.17, 15) is 14.4 Å². The van der Waals surface area contributed by atoms with Crippen molar-refractivity contribution < 1.29 is 19.1 Å². The van der Waals surface area contributed by atoms with Crippen LogP contribution in [0.4, 0.5) is 11.4 Å². The van der Waals surface area contributed by atoms with Gasteiger partial charge in [-0.05, 0) is 49.1 Å². The zero-order chi connectivity index (χ0) is 17.4.